The molecule has 0 fully saturated rings. The van der Waals surface area contributed by atoms with Gasteiger partial charge in [0.2, 0.25) is 0 Å². The summed E-state index contributed by atoms with van der Waals surface area (Å²) < 4.78 is 0.890. The van der Waals surface area contributed by atoms with Crippen LogP contribution in [0, 0.1) is 0 Å². The van der Waals surface area contributed by atoms with Crippen molar-refractivity contribution in [3.8, 4) is 0 Å². The van der Waals surface area contributed by atoms with Gasteiger partial charge in [-0.15, -0.1) is 11.3 Å². The molecule has 0 atom stereocenters. The molecular weight excluding hydrogens is 212 g/mol. The number of thiazole rings is 1. The first-order valence-electron chi connectivity index (χ1n) is 2.91. The zero-order valence-electron chi connectivity index (χ0n) is 5.89. The largest absolute Gasteiger partial charge is 0.321 e. The molecule has 0 saturated heterocycles. The van der Waals surface area contributed by atoms with Gasteiger partial charge in [-0.3, -0.25) is 0 Å². The summed E-state index contributed by atoms with van der Waals surface area (Å²) >= 11 is 4.85. The van der Waals surface area contributed by atoms with Gasteiger partial charge in [-0.1, -0.05) is 0 Å². The molecule has 10 heavy (non-hydrogen) atoms. The average Bonchev–Trinajstić information content (AvgIpc) is 2.11. The molecule has 0 bridgehead atoms. The summed E-state index contributed by atoms with van der Waals surface area (Å²) in [4.78, 5) is 5.13. The van der Waals surface area contributed by atoms with Crippen molar-refractivity contribution in [2.24, 2.45) is 5.73 Å². The fourth-order valence-corrected chi connectivity index (χ4v) is 1.83. The molecule has 0 unspecified atom stereocenters. The van der Waals surface area contributed by atoms with Crippen LogP contribution in [0.1, 0.15) is 18.7 Å². The molecule has 0 radical (unpaired) electrons. The Hall–Kier alpha value is 0.0700. The number of aromatic nitrogens is 1. The van der Waals surface area contributed by atoms with Crippen LogP contribution in [0.5, 0.6) is 0 Å². The third kappa shape index (κ3) is 1.78. The molecule has 56 valence electrons. The van der Waals surface area contributed by atoms with E-state index in [9.17, 15) is 0 Å². The smallest absolute Gasteiger partial charge is 0.159 e. The van der Waals surface area contributed by atoms with E-state index in [1.807, 2.05) is 13.8 Å². The molecule has 2 N–H and O–H groups in total. The molecule has 2 nitrogen and oxygen atoms in total. The Kier molecular flexibility index (Phi) is 2.12. The topological polar surface area (TPSA) is 38.9 Å². The van der Waals surface area contributed by atoms with Gasteiger partial charge in [-0.2, -0.15) is 0 Å². The van der Waals surface area contributed by atoms with Gasteiger partial charge in [0.25, 0.3) is 0 Å². The second-order valence-electron chi connectivity index (χ2n) is 2.70. The van der Waals surface area contributed by atoms with E-state index in [-0.39, 0.29) is 5.54 Å². The van der Waals surface area contributed by atoms with Gasteiger partial charge >= 0.3 is 0 Å². The first kappa shape index (κ1) is 8.17. The van der Waals surface area contributed by atoms with Crippen LogP contribution in [0.2, 0.25) is 0 Å². The molecule has 0 saturated carbocycles. The molecule has 0 aromatic carbocycles. The Labute approximate surface area is 72.6 Å². The van der Waals surface area contributed by atoms with Gasteiger partial charge in [-0.05, 0) is 29.8 Å². The minimum absolute atomic E-state index is 0.260. The van der Waals surface area contributed by atoms with Crippen molar-refractivity contribution in [1.82, 2.24) is 4.98 Å². The summed E-state index contributed by atoms with van der Waals surface area (Å²) in [6, 6.07) is 0. The second kappa shape index (κ2) is 2.60. The first-order chi connectivity index (χ1) is 4.50. The van der Waals surface area contributed by atoms with Crippen molar-refractivity contribution in [3.63, 3.8) is 0 Å². The fraction of sp³-hybridized carbons (Fsp3) is 0.500. The summed E-state index contributed by atoms with van der Waals surface area (Å²) in [6.07, 6.45) is 1.80. The van der Waals surface area contributed by atoms with Crippen LogP contribution in [0.4, 0.5) is 0 Å². The van der Waals surface area contributed by atoms with E-state index >= 15 is 0 Å². The van der Waals surface area contributed by atoms with E-state index in [4.69, 9.17) is 5.73 Å². The number of hydrogen-bond acceptors (Lipinski definition) is 3. The SMILES string of the molecule is CC(C)(N)c1cnc(Br)s1. The van der Waals surface area contributed by atoms with E-state index in [0.29, 0.717) is 0 Å². The second-order valence-corrected chi connectivity index (χ2v) is 5.01. The summed E-state index contributed by atoms with van der Waals surface area (Å²) in [5, 5.41) is 0. The van der Waals surface area contributed by atoms with Crippen LogP contribution < -0.4 is 5.73 Å². The van der Waals surface area contributed by atoms with E-state index in [1.165, 1.54) is 0 Å². The monoisotopic (exact) mass is 220 g/mol. The molecule has 0 aliphatic rings. The lowest BCUT2D eigenvalue weighted by Crippen LogP contribution is -2.27. The van der Waals surface area contributed by atoms with Gasteiger partial charge in [-0.25, -0.2) is 4.98 Å². The molecule has 0 amide bonds. The van der Waals surface area contributed by atoms with Crippen LogP contribution in [-0.2, 0) is 5.54 Å². The maximum Gasteiger partial charge on any atom is 0.159 e. The lowest BCUT2D eigenvalue weighted by atomic mass is 10.1. The van der Waals surface area contributed by atoms with Crippen LogP contribution in [-0.4, -0.2) is 4.98 Å². The van der Waals surface area contributed by atoms with Crippen molar-refractivity contribution in [2.45, 2.75) is 19.4 Å². The van der Waals surface area contributed by atoms with E-state index in [1.54, 1.807) is 17.5 Å². The Morgan fingerprint density at radius 2 is 2.30 bits per heavy atom. The fourth-order valence-electron chi connectivity index (χ4n) is 0.551. The third-order valence-electron chi connectivity index (χ3n) is 1.11. The van der Waals surface area contributed by atoms with Crippen molar-refractivity contribution in [1.29, 1.82) is 0 Å². The number of nitrogens with zero attached hydrogens (tertiary/aromatic N) is 1. The van der Waals surface area contributed by atoms with Crippen molar-refractivity contribution >= 4 is 27.3 Å². The van der Waals surface area contributed by atoms with Gasteiger partial charge in [0, 0.05) is 16.6 Å². The van der Waals surface area contributed by atoms with Gasteiger partial charge in [0.05, 0.1) is 0 Å². The lowest BCUT2D eigenvalue weighted by Gasteiger charge is -2.14. The van der Waals surface area contributed by atoms with Crippen molar-refractivity contribution < 1.29 is 0 Å². The molecular formula is C6H9BrN2S. The molecule has 0 aliphatic carbocycles. The molecule has 1 aromatic heterocycles. The van der Waals surface area contributed by atoms with Crippen molar-refractivity contribution in [3.05, 3.63) is 15.0 Å². The summed E-state index contributed by atoms with van der Waals surface area (Å²) in [7, 11) is 0. The molecule has 1 rings (SSSR count). The molecule has 4 heteroatoms. The number of nitrogens with two attached hydrogens (primary N) is 1. The highest BCUT2D eigenvalue weighted by Gasteiger charge is 2.16. The highest BCUT2D eigenvalue weighted by atomic mass is 79.9. The standard InChI is InChI=1S/C6H9BrN2S/c1-6(2,8)4-3-9-5(7)10-4/h3H,8H2,1-2H3. The van der Waals surface area contributed by atoms with E-state index in [0.717, 1.165) is 8.79 Å². The predicted molar refractivity (Wildman–Crippen MR) is 47.0 cm³/mol. The normalized spacial score (nSPS) is 12.0. The number of hydrogen-bond donors (Lipinski definition) is 1. The molecule has 1 aromatic rings. The zero-order chi connectivity index (χ0) is 7.78. The van der Waals surface area contributed by atoms with Crippen LogP contribution >= 0.6 is 27.3 Å². The van der Waals surface area contributed by atoms with Gasteiger partial charge in [0.15, 0.2) is 3.92 Å². The minimum atomic E-state index is -0.260. The Bertz CT molecular complexity index is 226. The summed E-state index contributed by atoms with van der Waals surface area (Å²) in [6.45, 7) is 3.93. The molecule has 1 heterocycles. The van der Waals surface area contributed by atoms with Gasteiger partial charge < -0.3 is 5.73 Å². The summed E-state index contributed by atoms with van der Waals surface area (Å²) in [5.41, 5.74) is 5.56. The number of rotatable bonds is 1. The Balaban J connectivity index is 2.96. The third-order valence-corrected chi connectivity index (χ3v) is 2.93. The van der Waals surface area contributed by atoms with Crippen LogP contribution in [0.3, 0.4) is 0 Å². The first-order valence-corrected chi connectivity index (χ1v) is 4.52. The Morgan fingerprint density at radius 3 is 2.50 bits per heavy atom. The van der Waals surface area contributed by atoms with Gasteiger partial charge in [0.1, 0.15) is 0 Å². The maximum atomic E-state index is 5.82. The van der Waals surface area contributed by atoms with Crippen LogP contribution in [0.25, 0.3) is 0 Å². The highest BCUT2D eigenvalue weighted by molar-refractivity contribution is 9.11. The van der Waals surface area contributed by atoms with Crippen LogP contribution in [0.15, 0.2) is 10.1 Å². The maximum absolute atomic E-state index is 5.82. The Morgan fingerprint density at radius 1 is 1.70 bits per heavy atom. The molecule has 0 spiro atoms. The summed E-state index contributed by atoms with van der Waals surface area (Å²) in [5.74, 6) is 0. The lowest BCUT2D eigenvalue weighted by molar-refractivity contribution is 0.566. The van der Waals surface area contributed by atoms with E-state index < -0.39 is 0 Å². The zero-order valence-corrected chi connectivity index (χ0v) is 8.29. The predicted octanol–water partition coefficient (Wildman–Crippen LogP) is 2.10. The van der Waals surface area contributed by atoms with E-state index in [2.05, 4.69) is 20.9 Å². The minimum Gasteiger partial charge on any atom is -0.321 e. The molecule has 0 aliphatic heterocycles. The quantitative estimate of drug-likeness (QED) is 0.788. The highest BCUT2D eigenvalue weighted by Crippen LogP contribution is 2.26. The van der Waals surface area contributed by atoms with Crippen molar-refractivity contribution in [2.75, 3.05) is 0 Å². The number of halogens is 1. The average molecular weight is 221 g/mol.